The molecule has 9 heteroatoms. The van der Waals surface area contributed by atoms with E-state index in [4.69, 9.17) is 10.3 Å². The van der Waals surface area contributed by atoms with Gasteiger partial charge in [0.2, 0.25) is 0 Å². The van der Waals surface area contributed by atoms with Gasteiger partial charge in [-0.1, -0.05) is 48.5 Å². The molecule has 0 aliphatic heterocycles. The standard InChI is InChI=1S/C25H18F3N3O2S/c26-25(27,28)18-12-24(31(14-18)19-8-10-23(22(29)13-19)30-34(32)33)17-7-9-21-16(11-17)6-5-15-3-1-2-4-20(15)21/h1-14,30H,29H2,(H,32,33). The largest absolute Gasteiger partial charge is 0.417 e. The summed E-state index contributed by atoms with van der Waals surface area (Å²) in [5, 5.41) is 4.06. The Morgan fingerprint density at radius 2 is 1.62 bits per heavy atom. The number of anilines is 2. The van der Waals surface area contributed by atoms with Crippen LogP contribution in [0.1, 0.15) is 5.56 Å². The number of rotatable bonds is 4. The lowest BCUT2D eigenvalue weighted by Crippen LogP contribution is -2.06. The van der Waals surface area contributed by atoms with Crippen LogP contribution in [0.2, 0.25) is 0 Å². The van der Waals surface area contributed by atoms with Gasteiger partial charge in [0, 0.05) is 11.9 Å². The lowest BCUT2D eigenvalue weighted by molar-refractivity contribution is -0.137. The quantitative estimate of drug-likeness (QED) is 0.154. The highest BCUT2D eigenvalue weighted by atomic mass is 32.2. The average molecular weight is 481 g/mol. The molecule has 4 aromatic carbocycles. The molecule has 5 nitrogen and oxygen atoms in total. The topological polar surface area (TPSA) is 80.3 Å². The molecule has 0 amide bonds. The number of nitrogens with one attached hydrogen (secondary N) is 1. The first-order valence-electron chi connectivity index (χ1n) is 10.2. The minimum Gasteiger partial charge on any atom is -0.397 e. The normalized spacial score (nSPS) is 12.8. The molecule has 0 aliphatic rings. The van der Waals surface area contributed by atoms with Gasteiger partial charge in [0.25, 0.3) is 11.3 Å². The number of aromatic nitrogens is 1. The highest BCUT2D eigenvalue weighted by molar-refractivity contribution is 7.80. The molecule has 5 aromatic rings. The maximum atomic E-state index is 13.6. The molecule has 0 radical (unpaired) electrons. The smallest absolute Gasteiger partial charge is 0.397 e. The van der Waals surface area contributed by atoms with Crippen molar-refractivity contribution in [2.24, 2.45) is 0 Å². The number of hydrogen-bond acceptors (Lipinski definition) is 2. The van der Waals surface area contributed by atoms with E-state index in [1.807, 2.05) is 48.5 Å². The molecule has 1 heterocycles. The van der Waals surface area contributed by atoms with Crippen molar-refractivity contribution in [3.05, 3.63) is 90.6 Å². The summed E-state index contributed by atoms with van der Waals surface area (Å²) >= 11 is -2.33. The molecule has 0 saturated carbocycles. The third-order valence-corrected chi connectivity index (χ3v) is 6.09. The third-order valence-electron chi connectivity index (χ3n) is 5.70. The Hall–Kier alpha value is -3.82. The minimum absolute atomic E-state index is 0.123. The fourth-order valence-corrected chi connectivity index (χ4v) is 4.49. The monoisotopic (exact) mass is 481 g/mol. The first-order chi connectivity index (χ1) is 16.2. The summed E-state index contributed by atoms with van der Waals surface area (Å²) in [5.74, 6) is 0. The van der Waals surface area contributed by atoms with Crippen LogP contribution in [0.5, 0.6) is 0 Å². The number of hydrogen-bond donors (Lipinski definition) is 3. The summed E-state index contributed by atoms with van der Waals surface area (Å²) in [6, 6.07) is 23.0. The average Bonchev–Trinajstić information content (AvgIpc) is 3.26. The van der Waals surface area contributed by atoms with Crippen LogP contribution < -0.4 is 10.5 Å². The highest BCUT2D eigenvalue weighted by Crippen LogP contribution is 2.37. The van der Waals surface area contributed by atoms with E-state index < -0.39 is 23.0 Å². The van der Waals surface area contributed by atoms with E-state index in [1.165, 1.54) is 22.8 Å². The van der Waals surface area contributed by atoms with Crippen LogP contribution in [0.4, 0.5) is 24.5 Å². The molecule has 1 unspecified atom stereocenters. The molecular weight excluding hydrogens is 463 g/mol. The highest BCUT2D eigenvalue weighted by Gasteiger charge is 2.33. The minimum atomic E-state index is -4.53. The van der Waals surface area contributed by atoms with E-state index in [1.54, 1.807) is 6.07 Å². The number of nitrogens with two attached hydrogens (primary N) is 1. The molecule has 0 saturated heterocycles. The van der Waals surface area contributed by atoms with Gasteiger partial charge >= 0.3 is 6.18 Å². The second-order valence-corrected chi connectivity index (χ2v) is 8.53. The molecule has 1 atom stereocenters. The molecule has 0 bridgehead atoms. The summed E-state index contributed by atoms with van der Waals surface area (Å²) in [6.07, 6.45) is -3.51. The lowest BCUT2D eigenvalue weighted by Gasteiger charge is -2.13. The Morgan fingerprint density at radius 1 is 0.882 bits per heavy atom. The summed E-state index contributed by atoms with van der Waals surface area (Å²) in [7, 11) is 0. The molecule has 172 valence electrons. The van der Waals surface area contributed by atoms with Crippen molar-refractivity contribution in [2.75, 3.05) is 10.5 Å². The van der Waals surface area contributed by atoms with Crippen LogP contribution >= 0.6 is 0 Å². The second-order valence-electron chi connectivity index (χ2n) is 7.83. The Morgan fingerprint density at radius 3 is 2.35 bits per heavy atom. The van der Waals surface area contributed by atoms with Crippen LogP contribution in [0.3, 0.4) is 0 Å². The van der Waals surface area contributed by atoms with Gasteiger partial charge in [-0.3, -0.25) is 9.27 Å². The fraction of sp³-hybridized carbons (Fsp3) is 0.0400. The first kappa shape index (κ1) is 22.0. The van der Waals surface area contributed by atoms with Gasteiger partial charge in [-0.25, -0.2) is 4.21 Å². The maximum Gasteiger partial charge on any atom is 0.417 e. The van der Waals surface area contributed by atoms with Gasteiger partial charge in [-0.15, -0.1) is 0 Å². The van der Waals surface area contributed by atoms with E-state index in [0.717, 1.165) is 33.8 Å². The van der Waals surface area contributed by atoms with E-state index in [0.29, 0.717) is 16.9 Å². The molecule has 1 aromatic heterocycles. The van der Waals surface area contributed by atoms with Crippen molar-refractivity contribution in [1.29, 1.82) is 0 Å². The molecular formula is C25H18F3N3O2S. The summed E-state index contributed by atoms with van der Waals surface area (Å²) in [4.78, 5) is 0. The molecule has 0 spiro atoms. The second kappa shape index (κ2) is 8.19. The summed E-state index contributed by atoms with van der Waals surface area (Å²) < 4.78 is 64.6. The van der Waals surface area contributed by atoms with Gasteiger partial charge < -0.3 is 10.3 Å². The Kier molecular flexibility index (Phi) is 5.30. The Balaban J connectivity index is 1.68. The number of fused-ring (bicyclic) bond motifs is 3. The third kappa shape index (κ3) is 4.00. The lowest BCUT2D eigenvalue weighted by atomic mass is 9.99. The molecule has 5 rings (SSSR count). The Bertz CT molecular complexity index is 1580. The zero-order valence-electron chi connectivity index (χ0n) is 17.5. The number of benzene rings is 4. The van der Waals surface area contributed by atoms with Crippen molar-refractivity contribution in [1.82, 2.24) is 4.57 Å². The fourth-order valence-electron chi connectivity index (χ4n) is 4.11. The van der Waals surface area contributed by atoms with E-state index >= 15 is 0 Å². The van der Waals surface area contributed by atoms with E-state index in [-0.39, 0.29) is 11.4 Å². The predicted octanol–water partition coefficient (Wildman–Crippen LogP) is 6.60. The number of nitrogen functional groups attached to an aromatic ring is 1. The maximum absolute atomic E-state index is 13.6. The van der Waals surface area contributed by atoms with Crippen LogP contribution in [-0.4, -0.2) is 13.3 Å². The van der Waals surface area contributed by atoms with Crippen molar-refractivity contribution >= 4 is 44.2 Å². The van der Waals surface area contributed by atoms with Crippen LogP contribution in [0, 0.1) is 0 Å². The summed E-state index contributed by atoms with van der Waals surface area (Å²) in [6.45, 7) is 0. The van der Waals surface area contributed by atoms with Gasteiger partial charge in [0.15, 0.2) is 0 Å². The number of alkyl halides is 3. The van der Waals surface area contributed by atoms with Crippen molar-refractivity contribution < 1.29 is 21.9 Å². The molecule has 0 fully saturated rings. The van der Waals surface area contributed by atoms with Crippen molar-refractivity contribution in [3.63, 3.8) is 0 Å². The Labute approximate surface area is 195 Å². The van der Waals surface area contributed by atoms with Gasteiger partial charge in [-0.2, -0.15) is 13.2 Å². The molecule has 34 heavy (non-hydrogen) atoms. The zero-order chi connectivity index (χ0) is 24.0. The summed E-state index contributed by atoms with van der Waals surface area (Å²) in [5.41, 5.74) is 6.84. The van der Waals surface area contributed by atoms with Crippen molar-refractivity contribution in [3.8, 4) is 16.9 Å². The van der Waals surface area contributed by atoms with E-state index in [9.17, 15) is 17.4 Å². The molecule has 4 N–H and O–H groups in total. The number of nitrogens with zero attached hydrogens (tertiary/aromatic N) is 1. The SMILES string of the molecule is Nc1cc(-n2cc(C(F)(F)F)cc2-c2ccc3c(ccc4ccccc43)c2)ccc1NS(=O)O. The van der Waals surface area contributed by atoms with Crippen LogP contribution in [-0.2, 0) is 17.4 Å². The van der Waals surface area contributed by atoms with Crippen LogP contribution in [0.15, 0.2) is 85.1 Å². The number of halogens is 3. The van der Waals surface area contributed by atoms with Crippen LogP contribution in [0.25, 0.3) is 38.5 Å². The van der Waals surface area contributed by atoms with Gasteiger partial charge in [-0.05, 0) is 57.4 Å². The van der Waals surface area contributed by atoms with Gasteiger partial charge in [0.1, 0.15) is 0 Å². The van der Waals surface area contributed by atoms with E-state index in [2.05, 4.69) is 4.72 Å². The van der Waals surface area contributed by atoms with Gasteiger partial charge in [0.05, 0.1) is 22.6 Å². The zero-order valence-corrected chi connectivity index (χ0v) is 18.3. The van der Waals surface area contributed by atoms with Crippen molar-refractivity contribution in [2.45, 2.75) is 6.18 Å². The predicted molar refractivity (Wildman–Crippen MR) is 130 cm³/mol. The first-order valence-corrected chi connectivity index (χ1v) is 11.3. The molecule has 0 aliphatic carbocycles.